The molecule has 0 aromatic carbocycles. The summed E-state index contributed by atoms with van der Waals surface area (Å²) in [5.41, 5.74) is 1.27. The van der Waals surface area contributed by atoms with Crippen molar-refractivity contribution in [1.29, 1.82) is 0 Å². The number of fused-ring (bicyclic) bond motifs is 1. The lowest BCUT2D eigenvalue weighted by Crippen LogP contribution is -1.96. The van der Waals surface area contributed by atoms with Gasteiger partial charge in [0.15, 0.2) is 17.8 Å². The van der Waals surface area contributed by atoms with E-state index in [1.807, 2.05) is 12.1 Å². The third-order valence-electron chi connectivity index (χ3n) is 2.03. The van der Waals surface area contributed by atoms with Crippen LogP contribution in [0.4, 0.5) is 0 Å². The third kappa shape index (κ3) is 1.39. The van der Waals surface area contributed by atoms with E-state index in [0.717, 1.165) is 30.6 Å². The minimum absolute atomic E-state index is 0.539. The summed E-state index contributed by atoms with van der Waals surface area (Å²) in [4.78, 5) is 15.0. The standard InChI is InChI=1S/C10H11N3O/c1-2-4-9-11-10-6-3-5-8(7-14)13(10)12-9/h3,5-7H,2,4H2,1H3. The van der Waals surface area contributed by atoms with Gasteiger partial charge < -0.3 is 0 Å². The number of rotatable bonds is 3. The molecule has 0 aliphatic carbocycles. The molecule has 4 heteroatoms. The van der Waals surface area contributed by atoms with E-state index in [0.29, 0.717) is 5.69 Å². The molecule has 0 radical (unpaired) electrons. The Morgan fingerprint density at radius 3 is 3.07 bits per heavy atom. The highest BCUT2D eigenvalue weighted by Gasteiger charge is 2.04. The van der Waals surface area contributed by atoms with Crippen LogP contribution in [0.15, 0.2) is 18.2 Å². The SMILES string of the molecule is CCCc1nc2cccc(C=O)n2n1. The average Bonchev–Trinajstić information content (AvgIpc) is 2.60. The van der Waals surface area contributed by atoms with Crippen molar-refractivity contribution in [2.24, 2.45) is 0 Å². The van der Waals surface area contributed by atoms with Gasteiger partial charge in [-0.2, -0.15) is 5.10 Å². The van der Waals surface area contributed by atoms with E-state index >= 15 is 0 Å². The van der Waals surface area contributed by atoms with Gasteiger partial charge >= 0.3 is 0 Å². The first-order valence-electron chi connectivity index (χ1n) is 4.65. The van der Waals surface area contributed by atoms with E-state index < -0.39 is 0 Å². The average molecular weight is 189 g/mol. The zero-order valence-corrected chi connectivity index (χ0v) is 7.97. The number of aryl methyl sites for hydroxylation is 1. The molecule has 0 saturated carbocycles. The van der Waals surface area contributed by atoms with Gasteiger partial charge in [-0.05, 0) is 18.6 Å². The van der Waals surface area contributed by atoms with Gasteiger partial charge in [0.25, 0.3) is 0 Å². The molecule has 0 amide bonds. The molecule has 0 fully saturated rings. The van der Waals surface area contributed by atoms with Gasteiger partial charge in [0.1, 0.15) is 5.69 Å². The van der Waals surface area contributed by atoms with Crippen LogP contribution < -0.4 is 0 Å². The summed E-state index contributed by atoms with van der Waals surface area (Å²) in [6.07, 6.45) is 2.64. The van der Waals surface area contributed by atoms with Crippen LogP contribution in [0.3, 0.4) is 0 Å². The smallest absolute Gasteiger partial charge is 0.168 e. The quantitative estimate of drug-likeness (QED) is 0.687. The van der Waals surface area contributed by atoms with Gasteiger partial charge in [-0.25, -0.2) is 9.50 Å². The molecule has 4 nitrogen and oxygen atoms in total. The monoisotopic (exact) mass is 189 g/mol. The first-order chi connectivity index (χ1) is 6.85. The Morgan fingerprint density at radius 1 is 1.50 bits per heavy atom. The molecule has 0 atom stereocenters. The van der Waals surface area contributed by atoms with Crippen LogP contribution in [0.1, 0.15) is 29.7 Å². The van der Waals surface area contributed by atoms with Crippen molar-refractivity contribution in [3.05, 3.63) is 29.7 Å². The molecule has 2 rings (SSSR count). The zero-order valence-electron chi connectivity index (χ0n) is 7.97. The van der Waals surface area contributed by atoms with Crippen molar-refractivity contribution in [2.45, 2.75) is 19.8 Å². The first kappa shape index (κ1) is 8.87. The molecular formula is C10H11N3O. The van der Waals surface area contributed by atoms with Gasteiger partial charge in [-0.1, -0.05) is 13.0 Å². The molecule has 2 aromatic heterocycles. The fourth-order valence-corrected chi connectivity index (χ4v) is 1.39. The molecule has 2 aromatic rings. The molecule has 0 aliphatic rings. The second kappa shape index (κ2) is 3.57. The first-order valence-corrected chi connectivity index (χ1v) is 4.65. The highest BCUT2D eigenvalue weighted by atomic mass is 16.1. The van der Waals surface area contributed by atoms with E-state index in [-0.39, 0.29) is 0 Å². The fourth-order valence-electron chi connectivity index (χ4n) is 1.39. The van der Waals surface area contributed by atoms with Gasteiger partial charge in [0.05, 0.1) is 0 Å². The lowest BCUT2D eigenvalue weighted by molar-refractivity contribution is 0.111. The van der Waals surface area contributed by atoms with Crippen LogP contribution >= 0.6 is 0 Å². The maximum absolute atomic E-state index is 10.7. The third-order valence-corrected chi connectivity index (χ3v) is 2.03. The fraction of sp³-hybridized carbons (Fsp3) is 0.300. The molecule has 72 valence electrons. The van der Waals surface area contributed by atoms with E-state index in [1.165, 1.54) is 0 Å². The Hall–Kier alpha value is -1.71. The van der Waals surface area contributed by atoms with Crippen LogP contribution in [0.5, 0.6) is 0 Å². The molecular weight excluding hydrogens is 178 g/mol. The molecule has 14 heavy (non-hydrogen) atoms. The van der Waals surface area contributed by atoms with Gasteiger partial charge in [0, 0.05) is 6.42 Å². The normalized spacial score (nSPS) is 10.6. The maximum atomic E-state index is 10.7. The topological polar surface area (TPSA) is 47.3 Å². The predicted molar refractivity (Wildman–Crippen MR) is 52.4 cm³/mol. The van der Waals surface area contributed by atoms with Gasteiger partial charge in [-0.15, -0.1) is 0 Å². The van der Waals surface area contributed by atoms with Crippen molar-refractivity contribution in [1.82, 2.24) is 14.6 Å². The minimum Gasteiger partial charge on any atom is -0.296 e. The zero-order chi connectivity index (χ0) is 9.97. The molecule has 0 saturated heterocycles. The van der Waals surface area contributed by atoms with Gasteiger partial charge in [-0.3, -0.25) is 4.79 Å². The lowest BCUT2D eigenvalue weighted by Gasteiger charge is -1.93. The molecule has 0 aliphatic heterocycles. The second-order valence-electron chi connectivity index (χ2n) is 3.12. The molecule has 0 bridgehead atoms. The summed E-state index contributed by atoms with van der Waals surface area (Å²) in [5, 5.41) is 4.25. The Bertz CT molecular complexity index is 461. The van der Waals surface area contributed by atoms with E-state index in [1.54, 1.807) is 10.6 Å². The summed E-state index contributed by atoms with van der Waals surface area (Å²) >= 11 is 0. The van der Waals surface area contributed by atoms with Crippen LogP contribution in [0.25, 0.3) is 5.65 Å². The molecule has 0 unspecified atom stereocenters. The Kier molecular flexibility index (Phi) is 2.26. The van der Waals surface area contributed by atoms with Crippen molar-refractivity contribution < 1.29 is 4.79 Å². The molecule has 0 N–H and O–H groups in total. The number of hydrogen-bond acceptors (Lipinski definition) is 3. The van der Waals surface area contributed by atoms with Crippen LogP contribution in [0.2, 0.25) is 0 Å². The number of aldehydes is 1. The van der Waals surface area contributed by atoms with Crippen molar-refractivity contribution in [3.63, 3.8) is 0 Å². The van der Waals surface area contributed by atoms with Crippen LogP contribution in [0, 0.1) is 0 Å². The lowest BCUT2D eigenvalue weighted by atomic mass is 10.3. The maximum Gasteiger partial charge on any atom is 0.168 e. The number of aromatic nitrogens is 3. The minimum atomic E-state index is 0.539. The Morgan fingerprint density at radius 2 is 2.36 bits per heavy atom. The van der Waals surface area contributed by atoms with Crippen molar-refractivity contribution in [3.8, 4) is 0 Å². The summed E-state index contributed by atoms with van der Waals surface area (Å²) in [6.45, 7) is 2.08. The number of hydrogen-bond donors (Lipinski definition) is 0. The number of carbonyl (C=O) groups is 1. The largest absolute Gasteiger partial charge is 0.296 e. The molecule has 0 spiro atoms. The number of pyridine rings is 1. The molecule has 2 heterocycles. The second-order valence-corrected chi connectivity index (χ2v) is 3.12. The van der Waals surface area contributed by atoms with Crippen LogP contribution in [-0.2, 0) is 6.42 Å². The predicted octanol–water partition coefficient (Wildman–Crippen LogP) is 1.49. The van der Waals surface area contributed by atoms with E-state index in [9.17, 15) is 4.79 Å². The van der Waals surface area contributed by atoms with Gasteiger partial charge in [0.2, 0.25) is 0 Å². The van der Waals surface area contributed by atoms with E-state index in [2.05, 4.69) is 17.0 Å². The Labute approximate surface area is 81.6 Å². The van der Waals surface area contributed by atoms with Crippen molar-refractivity contribution >= 4 is 11.9 Å². The van der Waals surface area contributed by atoms with Crippen molar-refractivity contribution in [2.75, 3.05) is 0 Å². The number of carbonyl (C=O) groups excluding carboxylic acids is 1. The highest BCUT2D eigenvalue weighted by Crippen LogP contribution is 2.05. The summed E-state index contributed by atoms with van der Waals surface area (Å²) in [7, 11) is 0. The van der Waals surface area contributed by atoms with E-state index in [4.69, 9.17) is 0 Å². The summed E-state index contributed by atoms with van der Waals surface area (Å²) in [5.74, 6) is 0.793. The van der Waals surface area contributed by atoms with Crippen LogP contribution in [-0.4, -0.2) is 20.9 Å². The number of nitrogens with zero attached hydrogens (tertiary/aromatic N) is 3. The summed E-state index contributed by atoms with van der Waals surface area (Å²) < 4.78 is 1.58. The Balaban J connectivity index is 2.58. The highest BCUT2D eigenvalue weighted by molar-refractivity contribution is 5.73. The summed E-state index contributed by atoms with van der Waals surface area (Å²) in [6, 6.07) is 5.38.